The van der Waals surface area contributed by atoms with Crippen LogP contribution in [0.25, 0.3) is 0 Å². The van der Waals surface area contributed by atoms with Gasteiger partial charge in [-0.05, 0) is 55.2 Å². The third kappa shape index (κ3) is 7.28. The molecule has 0 aromatic heterocycles. The smallest absolute Gasteiger partial charge is 0.465 e. The van der Waals surface area contributed by atoms with Gasteiger partial charge >= 0.3 is 41.9 Å². The SMILES string of the molecule is CCC(C)CC(C)(C(=O)OCC(C)c1ccc(OC(F)(F)C(F)(F)C(F)(F)C(F)(F)C(F)(F)C(F)(F)F)cc1)C(C)(CC)CC. The third-order valence-electron chi connectivity index (χ3n) is 8.86. The van der Waals surface area contributed by atoms with Crippen LogP contribution in [0.3, 0.4) is 0 Å². The molecular formula is C29H37F13O3. The summed E-state index contributed by atoms with van der Waals surface area (Å²) >= 11 is 0. The van der Waals surface area contributed by atoms with E-state index in [0.717, 1.165) is 18.6 Å². The van der Waals surface area contributed by atoms with Gasteiger partial charge in [-0.3, -0.25) is 4.79 Å². The molecular weight excluding hydrogens is 643 g/mol. The van der Waals surface area contributed by atoms with Gasteiger partial charge in [-0.25, -0.2) is 0 Å². The second kappa shape index (κ2) is 13.4. The molecule has 3 atom stereocenters. The number of esters is 1. The minimum atomic E-state index is -8.01. The molecule has 0 bridgehead atoms. The van der Waals surface area contributed by atoms with E-state index in [1.165, 1.54) is 6.92 Å². The summed E-state index contributed by atoms with van der Waals surface area (Å²) in [5, 5.41) is 0. The van der Waals surface area contributed by atoms with Crippen LogP contribution in [0.4, 0.5) is 57.1 Å². The van der Waals surface area contributed by atoms with Crippen LogP contribution in [0.15, 0.2) is 24.3 Å². The highest BCUT2D eigenvalue weighted by Gasteiger charge is 2.91. The summed E-state index contributed by atoms with van der Waals surface area (Å²) in [6.45, 7) is 12.9. The molecule has 0 aliphatic rings. The Labute approximate surface area is 252 Å². The Morgan fingerprint density at radius 3 is 1.56 bits per heavy atom. The van der Waals surface area contributed by atoms with Gasteiger partial charge in [-0.1, -0.05) is 60.1 Å². The van der Waals surface area contributed by atoms with Gasteiger partial charge in [0.2, 0.25) is 0 Å². The van der Waals surface area contributed by atoms with Crippen LogP contribution in [0, 0.1) is 16.7 Å². The number of halogens is 13. The highest BCUT2D eigenvalue weighted by Crippen LogP contribution is 2.60. The van der Waals surface area contributed by atoms with Crippen LogP contribution in [0.1, 0.15) is 85.6 Å². The maximum absolute atomic E-state index is 14.1. The summed E-state index contributed by atoms with van der Waals surface area (Å²) in [4.78, 5) is 13.4. The molecule has 0 saturated carbocycles. The van der Waals surface area contributed by atoms with Crippen LogP contribution in [-0.2, 0) is 9.53 Å². The molecule has 1 aromatic rings. The van der Waals surface area contributed by atoms with Crippen molar-refractivity contribution in [1.82, 2.24) is 0 Å². The molecule has 0 heterocycles. The molecule has 0 N–H and O–H groups in total. The first kappa shape index (κ1) is 40.6. The number of hydrogen-bond acceptors (Lipinski definition) is 3. The van der Waals surface area contributed by atoms with Crippen LogP contribution < -0.4 is 4.74 Å². The summed E-state index contributed by atoms with van der Waals surface area (Å²) in [6.07, 6.45) is -11.5. The molecule has 0 fully saturated rings. The molecule has 1 aromatic carbocycles. The standard InChI is InChI=1S/C29H37F13O3/c1-8-17(4)15-23(7,22(6,9-2)10-3)21(43)44-16-18(5)19-11-13-20(14-12-19)45-29(41,42)27(36,37)25(32,33)24(30,31)26(34,35)28(38,39)40/h11-14,17-18H,8-10,15-16H2,1-7H3. The fraction of sp³-hybridized carbons (Fsp3) is 0.759. The largest absolute Gasteiger partial charge is 0.471 e. The molecule has 0 aliphatic carbocycles. The number of ether oxygens (including phenoxy) is 2. The van der Waals surface area contributed by atoms with Crippen LogP contribution in [0.2, 0.25) is 0 Å². The molecule has 3 unspecified atom stereocenters. The number of alkyl halides is 13. The number of carbonyl (C=O) groups excluding carboxylic acids is 1. The van der Waals surface area contributed by atoms with E-state index in [2.05, 4.69) is 4.74 Å². The van der Waals surface area contributed by atoms with Gasteiger partial charge in [0.25, 0.3) is 0 Å². The summed E-state index contributed by atoms with van der Waals surface area (Å²) in [7, 11) is 0. The molecule has 1 rings (SSSR count). The molecule has 0 amide bonds. The number of rotatable bonds is 16. The summed E-state index contributed by atoms with van der Waals surface area (Å²) < 4.78 is 182. The molecule has 0 radical (unpaired) electrons. The van der Waals surface area contributed by atoms with Gasteiger partial charge in [0.1, 0.15) is 5.75 Å². The predicted molar refractivity (Wildman–Crippen MR) is 138 cm³/mol. The lowest BCUT2D eigenvalue weighted by atomic mass is 9.59. The highest BCUT2D eigenvalue weighted by molar-refractivity contribution is 5.77. The topological polar surface area (TPSA) is 35.5 Å². The van der Waals surface area contributed by atoms with Gasteiger partial charge in [0.15, 0.2) is 0 Å². The second-order valence-electron chi connectivity index (χ2n) is 11.8. The Hall–Kier alpha value is -2.42. The van der Waals surface area contributed by atoms with Crippen LogP contribution in [0.5, 0.6) is 5.75 Å². The van der Waals surface area contributed by atoms with Crippen molar-refractivity contribution in [2.75, 3.05) is 6.61 Å². The fourth-order valence-corrected chi connectivity index (χ4v) is 4.74. The quantitative estimate of drug-likeness (QED) is 0.129. The zero-order valence-corrected chi connectivity index (χ0v) is 25.6. The first-order valence-corrected chi connectivity index (χ1v) is 14.0. The Morgan fingerprint density at radius 1 is 0.711 bits per heavy atom. The minimum Gasteiger partial charge on any atom is -0.465 e. The van der Waals surface area contributed by atoms with E-state index in [1.54, 1.807) is 0 Å². The number of benzene rings is 1. The van der Waals surface area contributed by atoms with Crippen molar-refractivity contribution in [3.63, 3.8) is 0 Å². The molecule has 45 heavy (non-hydrogen) atoms. The van der Waals surface area contributed by atoms with Gasteiger partial charge in [0, 0.05) is 5.92 Å². The average Bonchev–Trinajstić information content (AvgIpc) is 2.93. The lowest BCUT2D eigenvalue weighted by Crippen LogP contribution is -2.70. The molecule has 3 nitrogen and oxygen atoms in total. The lowest BCUT2D eigenvalue weighted by Gasteiger charge is -2.45. The summed E-state index contributed by atoms with van der Waals surface area (Å²) in [6, 6.07) is 2.92. The minimum absolute atomic E-state index is 0.183. The normalized spacial score (nSPS) is 17.0. The first-order valence-electron chi connectivity index (χ1n) is 14.0. The van der Waals surface area contributed by atoms with Crippen molar-refractivity contribution in [3.05, 3.63) is 29.8 Å². The molecule has 0 saturated heterocycles. The maximum atomic E-state index is 14.1. The summed E-state index contributed by atoms with van der Waals surface area (Å²) in [5.74, 6) is -33.7. The van der Waals surface area contributed by atoms with Crippen molar-refractivity contribution >= 4 is 5.97 Å². The molecule has 262 valence electrons. The van der Waals surface area contributed by atoms with Gasteiger partial charge in [-0.15, -0.1) is 0 Å². The Kier molecular flexibility index (Phi) is 12.1. The average molecular weight is 681 g/mol. The van der Waals surface area contributed by atoms with Crippen molar-refractivity contribution in [1.29, 1.82) is 0 Å². The van der Waals surface area contributed by atoms with Crippen molar-refractivity contribution in [3.8, 4) is 5.75 Å². The van der Waals surface area contributed by atoms with E-state index < -0.39 is 64.4 Å². The van der Waals surface area contributed by atoms with E-state index >= 15 is 0 Å². The fourth-order valence-electron chi connectivity index (χ4n) is 4.74. The van der Waals surface area contributed by atoms with Crippen molar-refractivity contribution in [2.45, 2.75) is 116 Å². The third-order valence-corrected chi connectivity index (χ3v) is 8.86. The monoisotopic (exact) mass is 680 g/mol. The van der Waals surface area contributed by atoms with Crippen LogP contribution in [-0.4, -0.2) is 48.6 Å². The molecule has 16 heteroatoms. The van der Waals surface area contributed by atoms with E-state index in [-0.39, 0.29) is 18.1 Å². The molecule has 0 aliphatic heterocycles. The zero-order chi connectivity index (χ0) is 35.7. The maximum Gasteiger partial charge on any atom is 0.471 e. The number of hydrogen-bond donors (Lipinski definition) is 0. The van der Waals surface area contributed by atoms with E-state index in [9.17, 15) is 61.9 Å². The van der Waals surface area contributed by atoms with Crippen molar-refractivity contribution < 1.29 is 71.3 Å². The van der Waals surface area contributed by atoms with Crippen molar-refractivity contribution in [2.24, 2.45) is 16.7 Å². The number of carbonyl (C=O) groups is 1. The Morgan fingerprint density at radius 2 is 1.16 bits per heavy atom. The lowest BCUT2D eigenvalue weighted by molar-refractivity contribution is -0.456. The van der Waals surface area contributed by atoms with Gasteiger partial charge in [-0.2, -0.15) is 57.1 Å². The first-order chi connectivity index (χ1) is 20.1. The van der Waals surface area contributed by atoms with Crippen LogP contribution >= 0.6 is 0 Å². The van der Waals surface area contributed by atoms with Gasteiger partial charge < -0.3 is 9.47 Å². The second-order valence-corrected chi connectivity index (χ2v) is 11.8. The Bertz CT molecular complexity index is 1130. The zero-order valence-electron chi connectivity index (χ0n) is 25.6. The van der Waals surface area contributed by atoms with Gasteiger partial charge in [0.05, 0.1) is 12.0 Å². The Balaban J connectivity index is 3.18. The molecule has 0 spiro atoms. The summed E-state index contributed by atoms with van der Waals surface area (Å²) in [5.41, 5.74) is -1.08. The highest BCUT2D eigenvalue weighted by atomic mass is 19.4. The van der Waals surface area contributed by atoms with E-state index in [4.69, 9.17) is 4.74 Å². The van der Waals surface area contributed by atoms with E-state index in [0.29, 0.717) is 31.4 Å². The van der Waals surface area contributed by atoms with E-state index in [1.807, 2.05) is 41.5 Å². The predicted octanol–water partition coefficient (Wildman–Crippen LogP) is 10.7.